The number of hydrogen-bond acceptors (Lipinski definition) is 3. The molecule has 2 aromatic rings. The molecule has 0 aliphatic heterocycles. The first-order valence-corrected chi connectivity index (χ1v) is 7.05. The van der Waals surface area contributed by atoms with E-state index in [9.17, 15) is 0 Å². The Bertz CT molecular complexity index is 663. The maximum atomic E-state index is 5.99. The van der Waals surface area contributed by atoms with Gasteiger partial charge in [-0.25, -0.2) is 4.98 Å². The van der Waals surface area contributed by atoms with Gasteiger partial charge >= 0.3 is 0 Å². The molecular weight excluding hydrogens is 260 g/mol. The average molecular weight is 275 g/mol. The molecule has 0 spiro atoms. The molecule has 0 amide bonds. The number of aromatic nitrogens is 3. The normalized spacial score (nSPS) is 32.3. The molecule has 2 aliphatic rings. The summed E-state index contributed by atoms with van der Waals surface area (Å²) in [5.41, 5.74) is 0.786. The maximum Gasteiger partial charge on any atom is 0.226 e. The highest BCUT2D eigenvalue weighted by Crippen LogP contribution is 2.44. The smallest absolute Gasteiger partial charge is 0.226 e. The third-order valence-corrected chi connectivity index (χ3v) is 4.71. The van der Waals surface area contributed by atoms with Crippen molar-refractivity contribution < 1.29 is 0 Å². The van der Waals surface area contributed by atoms with Gasteiger partial charge in [-0.1, -0.05) is 19.1 Å². The lowest BCUT2D eigenvalue weighted by atomic mass is 9.90. The van der Waals surface area contributed by atoms with E-state index in [1.54, 1.807) is 0 Å². The van der Waals surface area contributed by atoms with Crippen molar-refractivity contribution >= 4 is 28.5 Å². The Labute approximate surface area is 116 Å². The molecule has 2 aromatic heterocycles. The van der Waals surface area contributed by atoms with E-state index in [2.05, 4.69) is 39.3 Å². The fraction of sp³-hybridized carbons (Fsp3) is 0.429. The Balaban J connectivity index is 1.72. The van der Waals surface area contributed by atoms with Crippen molar-refractivity contribution in [1.29, 1.82) is 0 Å². The lowest BCUT2D eigenvalue weighted by Gasteiger charge is -2.26. The standard InChI is InChI=1S/C14H15ClN4/c1-7-8-2-3-9(6-8)11(7)17-13-10-4-5-16-12(10)18-14(15)19-13/h2-5,7-9,11H,6H2,1H3,(H2,16,17,18,19). The summed E-state index contributed by atoms with van der Waals surface area (Å²) < 4.78 is 0. The summed E-state index contributed by atoms with van der Waals surface area (Å²) in [4.78, 5) is 11.6. The Kier molecular flexibility index (Phi) is 2.36. The van der Waals surface area contributed by atoms with Gasteiger partial charge in [0.1, 0.15) is 11.5 Å². The minimum Gasteiger partial charge on any atom is -0.366 e. The third-order valence-electron chi connectivity index (χ3n) is 4.54. The van der Waals surface area contributed by atoms with Gasteiger partial charge in [0.25, 0.3) is 0 Å². The minimum atomic E-state index is 0.281. The van der Waals surface area contributed by atoms with Crippen molar-refractivity contribution in [3.63, 3.8) is 0 Å². The molecule has 1 saturated carbocycles. The summed E-state index contributed by atoms with van der Waals surface area (Å²) in [7, 11) is 0. The van der Waals surface area contributed by atoms with Crippen molar-refractivity contribution in [2.24, 2.45) is 17.8 Å². The number of nitrogens with one attached hydrogen (secondary N) is 2. The zero-order valence-corrected chi connectivity index (χ0v) is 11.4. The van der Waals surface area contributed by atoms with E-state index >= 15 is 0 Å². The molecule has 2 heterocycles. The molecule has 2 bridgehead atoms. The maximum absolute atomic E-state index is 5.99. The van der Waals surface area contributed by atoms with Gasteiger partial charge in [0.2, 0.25) is 5.28 Å². The predicted octanol–water partition coefficient (Wildman–Crippen LogP) is 3.23. The van der Waals surface area contributed by atoms with Crippen molar-refractivity contribution in [3.05, 3.63) is 29.7 Å². The molecule has 1 fully saturated rings. The van der Waals surface area contributed by atoms with Crippen molar-refractivity contribution in [2.45, 2.75) is 19.4 Å². The van der Waals surface area contributed by atoms with Crippen LogP contribution in [0.1, 0.15) is 13.3 Å². The molecule has 4 nitrogen and oxygen atoms in total. The number of H-pyrrole nitrogens is 1. The van der Waals surface area contributed by atoms with Crippen LogP contribution in [0, 0.1) is 17.8 Å². The Morgan fingerprint density at radius 1 is 1.32 bits per heavy atom. The van der Waals surface area contributed by atoms with Crippen LogP contribution >= 0.6 is 11.6 Å². The van der Waals surface area contributed by atoms with E-state index in [-0.39, 0.29) is 5.28 Å². The van der Waals surface area contributed by atoms with E-state index in [0.717, 1.165) is 16.9 Å². The number of fused-ring (bicyclic) bond motifs is 3. The Hall–Kier alpha value is -1.55. The van der Waals surface area contributed by atoms with Gasteiger partial charge < -0.3 is 10.3 Å². The molecule has 0 aromatic carbocycles. The minimum absolute atomic E-state index is 0.281. The molecule has 2 N–H and O–H groups in total. The number of nitrogens with zero attached hydrogens (tertiary/aromatic N) is 2. The average Bonchev–Trinajstić information content (AvgIpc) is 3.06. The summed E-state index contributed by atoms with van der Waals surface area (Å²) in [6.07, 6.45) is 7.81. The lowest BCUT2D eigenvalue weighted by molar-refractivity contribution is 0.451. The quantitative estimate of drug-likeness (QED) is 0.653. The van der Waals surface area contributed by atoms with E-state index < -0.39 is 0 Å². The summed E-state index contributed by atoms with van der Waals surface area (Å²) in [5.74, 6) is 2.80. The zero-order chi connectivity index (χ0) is 13.0. The molecule has 0 radical (unpaired) electrons. The summed E-state index contributed by atoms with van der Waals surface area (Å²) in [6.45, 7) is 2.31. The van der Waals surface area contributed by atoms with Gasteiger partial charge in [-0.05, 0) is 41.8 Å². The van der Waals surface area contributed by atoms with Crippen LogP contribution in [0.4, 0.5) is 5.82 Å². The van der Waals surface area contributed by atoms with Gasteiger partial charge in [-0.15, -0.1) is 0 Å². The molecule has 98 valence electrons. The number of hydrogen-bond donors (Lipinski definition) is 2. The van der Waals surface area contributed by atoms with Crippen molar-refractivity contribution in [2.75, 3.05) is 5.32 Å². The molecule has 2 aliphatic carbocycles. The monoisotopic (exact) mass is 274 g/mol. The van der Waals surface area contributed by atoms with Crippen LogP contribution in [0.15, 0.2) is 24.4 Å². The number of halogens is 1. The van der Waals surface area contributed by atoms with Crippen LogP contribution in [0.2, 0.25) is 5.28 Å². The molecular formula is C14H15ClN4. The van der Waals surface area contributed by atoms with E-state index in [1.807, 2.05) is 12.3 Å². The van der Waals surface area contributed by atoms with Gasteiger partial charge in [0.15, 0.2) is 0 Å². The van der Waals surface area contributed by atoms with E-state index in [0.29, 0.717) is 23.8 Å². The third kappa shape index (κ3) is 1.66. The first kappa shape index (κ1) is 11.3. The highest BCUT2D eigenvalue weighted by atomic mass is 35.5. The lowest BCUT2D eigenvalue weighted by Crippen LogP contribution is -2.31. The molecule has 5 heteroatoms. The second-order valence-corrected chi connectivity index (χ2v) is 5.90. The van der Waals surface area contributed by atoms with Crippen LogP contribution in [-0.2, 0) is 0 Å². The van der Waals surface area contributed by atoms with Crippen molar-refractivity contribution in [3.8, 4) is 0 Å². The second-order valence-electron chi connectivity index (χ2n) is 5.56. The number of aromatic amines is 1. The van der Waals surface area contributed by atoms with E-state index in [1.165, 1.54) is 6.42 Å². The van der Waals surface area contributed by atoms with Gasteiger partial charge in [-0.3, -0.25) is 0 Å². The summed E-state index contributed by atoms with van der Waals surface area (Å²) in [6, 6.07) is 2.43. The van der Waals surface area contributed by atoms with Crippen LogP contribution in [-0.4, -0.2) is 21.0 Å². The summed E-state index contributed by atoms with van der Waals surface area (Å²) >= 11 is 5.99. The molecule has 4 rings (SSSR count). The predicted molar refractivity (Wildman–Crippen MR) is 76.2 cm³/mol. The number of rotatable bonds is 2. The van der Waals surface area contributed by atoms with Crippen LogP contribution in [0.3, 0.4) is 0 Å². The first-order valence-electron chi connectivity index (χ1n) is 6.68. The molecule has 19 heavy (non-hydrogen) atoms. The van der Waals surface area contributed by atoms with Crippen LogP contribution in [0.5, 0.6) is 0 Å². The van der Waals surface area contributed by atoms with Gasteiger partial charge in [0, 0.05) is 12.2 Å². The fourth-order valence-corrected chi connectivity index (χ4v) is 3.66. The molecule has 4 unspecified atom stereocenters. The van der Waals surface area contributed by atoms with Crippen LogP contribution < -0.4 is 5.32 Å². The van der Waals surface area contributed by atoms with Gasteiger partial charge in [0.05, 0.1) is 5.39 Å². The van der Waals surface area contributed by atoms with Gasteiger partial charge in [-0.2, -0.15) is 4.98 Å². The highest BCUT2D eigenvalue weighted by molar-refractivity contribution is 6.28. The largest absolute Gasteiger partial charge is 0.366 e. The fourth-order valence-electron chi connectivity index (χ4n) is 3.49. The molecule has 4 atom stereocenters. The number of allylic oxidation sites excluding steroid dienone is 1. The molecule has 0 saturated heterocycles. The number of anilines is 1. The van der Waals surface area contributed by atoms with Crippen molar-refractivity contribution in [1.82, 2.24) is 15.0 Å². The summed E-state index contributed by atoms with van der Waals surface area (Å²) in [5, 5.41) is 4.87. The Morgan fingerprint density at radius 3 is 2.95 bits per heavy atom. The highest BCUT2D eigenvalue weighted by Gasteiger charge is 2.42. The SMILES string of the molecule is CC1C2C=CC(C2)C1Nc1nc(Cl)nc2[nH]ccc12. The van der Waals surface area contributed by atoms with E-state index in [4.69, 9.17) is 11.6 Å². The first-order chi connectivity index (χ1) is 9.22. The Morgan fingerprint density at radius 2 is 2.16 bits per heavy atom. The second kappa shape index (κ2) is 3.97. The van der Waals surface area contributed by atoms with Crippen LogP contribution in [0.25, 0.3) is 11.0 Å². The zero-order valence-electron chi connectivity index (χ0n) is 10.6. The topological polar surface area (TPSA) is 53.6 Å².